The van der Waals surface area contributed by atoms with Gasteiger partial charge in [0.15, 0.2) is 0 Å². The summed E-state index contributed by atoms with van der Waals surface area (Å²) in [5, 5.41) is 11.3. The quantitative estimate of drug-likeness (QED) is 0.228. The second-order valence-electron chi connectivity index (χ2n) is 10.4. The molecule has 37 heavy (non-hydrogen) atoms. The first kappa shape index (κ1) is 26.2. The Bertz CT molecular complexity index is 1310. The number of benzene rings is 3. The fourth-order valence-electron chi connectivity index (χ4n) is 4.71. The van der Waals surface area contributed by atoms with E-state index in [0.717, 1.165) is 28.7 Å². The Balaban J connectivity index is 1.82. The summed E-state index contributed by atoms with van der Waals surface area (Å²) in [4.78, 5) is 28.3. The van der Waals surface area contributed by atoms with E-state index in [-0.39, 0.29) is 23.3 Å². The van der Waals surface area contributed by atoms with Gasteiger partial charge in [0.25, 0.3) is 11.7 Å². The number of likely N-dealkylation sites (tertiary alicyclic amines) is 1. The van der Waals surface area contributed by atoms with Gasteiger partial charge in [0.1, 0.15) is 11.5 Å². The number of Topliss-reactive ketones (excluding diaryl/α,β-unsaturated/α-hetero) is 1. The number of aliphatic hydroxyl groups excluding tert-OH is 1. The lowest BCUT2D eigenvalue weighted by Crippen LogP contribution is -2.29. The van der Waals surface area contributed by atoms with Crippen LogP contribution in [0.3, 0.4) is 0 Å². The first-order chi connectivity index (χ1) is 17.6. The molecule has 1 heterocycles. The third-order valence-corrected chi connectivity index (χ3v) is 6.83. The molecule has 5 heteroatoms. The van der Waals surface area contributed by atoms with Gasteiger partial charge in [-0.1, -0.05) is 88.4 Å². The monoisotopic (exact) mass is 497 g/mol. The molecule has 1 N–H and O–H groups in total. The SMILES string of the molecule is CCOc1cccc(CN2C(=O)C(=O)/C(=C(\O)c3ccc(CC)cc3)C2c2ccc(C(C)(C)C)cc2)c1. The van der Waals surface area contributed by atoms with Gasteiger partial charge >= 0.3 is 0 Å². The van der Waals surface area contributed by atoms with Gasteiger partial charge < -0.3 is 14.7 Å². The molecule has 3 aromatic rings. The number of nitrogens with zero attached hydrogens (tertiary/aromatic N) is 1. The van der Waals surface area contributed by atoms with Gasteiger partial charge in [0.2, 0.25) is 0 Å². The van der Waals surface area contributed by atoms with Crippen molar-refractivity contribution in [2.75, 3.05) is 6.61 Å². The highest BCUT2D eigenvalue weighted by atomic mass is 16.5. The summed E-state index contributed by atoms with van der Waals surface area (Å²) in [6, 6.07) is 22.2. The molecule has 3 aromatic carbocycles. The van der Waals surface area contributed by atoms with E-state index in [0.29, 0.717) is 17.9 Å². The fraction of sp³-hybridized carbons (Fsp3) is 0.312. The van der Waals surface area contributed by atoms with Crippen LogP contribution in [0.25, 0.3) is 5.76 Å². The molecule has 1 aliphatic heterocycles. The van der Waals surface area contributed by atoms with Crippen LogP contribution in [0.2, 0.25) is 0 Å². The van der Waals surface area contributed by atoms with Gasteiger partial charge in [-0.15, -0.1) is 0 Å². The molecule has 1 aliphatic rings. The maximum atomic E-state index is 13.4. The summed E-state index contributed by atoms with van der Waals surface area (Å²) in [7, 11) is 0. The molecule has 0 saturated carbocycles. The molecule has 4 rings (SSSR count). The molecule has 1 unspecified atom stereocenters. The van der Waals surface area contributed by atoms with Crippen molar-refractivity contribution in [1.29, 1.82) is 0 Å². The number of carbonyl (C=O) groups excluding carboxylic acids is 2. The summed E-state index contributed by atoms with van der Waals surface area (Å²) in [6.07, 6.45) is 0.867. The highest BCUT2D eigenvalue weighted by Gasteiger charge is 2.46. The maximum Gasteiger partial charge on any atom is 0.295 e. The summed E-state index contributed by atoms with van der Waals surface area (Å²) in [5.41, 5.74) is 4.48. The summed E-state index contributed by atoms with van der Waals surface area (Å²) in [6.45, 7) is 11.1. The Hall–Kier alpha value is -3.86. The number of aliphatic hydroxyl groups is 1. The van der Waals surface area contributed by atoms with Gasteiger partial charge in [-0.2, -0.15) is 0 Å². The van der Waals surface area contributed by atoms with Crippen LogP contribution in [0.4, 0.5) is 0 Å². The summed E-state index contributed by atoms with van der Waals surface area (Å²) < 4.78 is 5.63. The number of ether oxygens (including phenoxy) is 1. The number of hydrogen-bond acceptors (Lipinski definition) is 4. The van der Waals surface area contributed by atoms with Crippen LogP contribution in [0.1, 0.15) is 68.5 Å². The number of hydrogen-bond donors (Lipinski definition) is 1. The van der Waals surface area contributed by atoms with Gasteiger partial charge in [0, 0.05) is 12.1 Å². The number of rotatable bonds is 7. The Morgan fingerprint density at radius 3 is 2.19 bits per heavy atom. The minimum absolute atomic E-state index is 0.0406. The number of ketones is 1. The lowest BCUT2D eigenvalue weighted by Gasteiger charge is -2.27. The van der Waals surface area contributed by atoms with Gasteiger partial charge in [-0.3, -0.25) is 9.59 Å². The van der Waals surface area contributed by atoms with E-state index in [4.69, 9.17) is 4.74 Å². The van der Waals surface area contributed by atoms with E-state index < -0.39 is 17.7 Å². The Labute approximate surface area is 219 Å². The zero-order valence-electron chi connectivity index (χ0n) is 22.2. The Morgan fingerprint density at radius 2 is 1.59 bits per heavy atom. The highest BCUT2D eigenvalue weighted by molar-refractivity contribution is 6.46. The maximum absolute atomic E-state index is 13.4. The second-order valence-corrected chi connectivity index (χ2v) is 10.4. The van der Waals surface area contributed by atoms with E-state index in [1.807, 2.05) is 67.6 Å². The fourth-order valence-corrected chi connectivity index (χ4v) is 4.71. The smallest absolute Gasteiger partial charge is 0.295 e. The molecule has 0 aliphatic carbocycles. The normalized spacial score (nSPS) is 17.3. The lowest BCUT2D eigenvalue weighted by atomic mass is 9.85. The standard InChI is InChI=1S/C32H35NO4/c1-6-21-11-13-24(14-12-21)29(34)27-28(23-15-17-25(18-16-23)32(3,4)5)33(31(36)30(27)35)20-22-9-8-10-26(19-22)37-7-2/h8-19,28,34H,6-7,20H2,1-5H3/b29-27-. The minimum Gasteiger partial charge on any atom is -0.507 e. The molecule has 192 valence electrons. The van der Waals surface area contributed by atoms with Crippen molar-refractivity contribution in [1.82, 2.24) is 4.90 Å². The largest absolute Gasteiger partial charge is 0.507 e. The molecule has 1 amide bonds. The average Bonchev–Trinajstić information content (AvgIpc) is 3.13. The van der Waals surface area contributed by atoms with Crippen LogP contribution >= 0.6 is 0 Å². The zero-order valence-corrected chi connectivity index (χ0v) is 22.2. The van der Waals surface area contributed by atoms with E-state index >= 15 is 0 Å². The van der Waals surface area contributed by atoms with Crippen LogP contribution in [0.15, 0.2) is 78.4 Å². The first-order valence-electron chi connectivity index (χ1n) is 12.8. The molecule has 0 aromatic heterocycles. The number of amides is 1. The van der Waals surface area contributed by atoms with Crippen LogP contribution < -0.4 is 4.74 Å². The van der Waals surface area contributed by atoms with Crippen LogP contribution in [-0.4, -0.2) is 28.3 Å². The molecule has 0 spiro atoms. The third-order valence-electron chi connectivity index (χ3n) is 6.83. The lowest BCUT2D eigenvalue weighted by molar-refractivity contribution is -0.140. The van der Waals surface area contributed by atoms with E-state index in [1.54, 1.807) is 17.0 Å². The van der Waals surface area contributed by atoms with Crippen molar-refractivity contribution in [3.05, 3.63) is 106 Å². The molecule has 1 fully saturated rings. The van der Waals surface area contributed by atoms with Crippen LogP contribution in [0.5, 0.6) is 5.75 Å². The van der Waals surface area contributed by atoms with Crippen LogP contribution in [0, 0.1) is 0 Å². The van der Waals surface area contributed by atoms with Crippen molar-refractivity contribution >= 4 is 17.4 Å². The van der Waals surface area contributed by atoms with Crippen molar-refractivity contribution in [2.45, 2.75) is 59.0 Å². The molecular formula is C32H35NO4. The average molecular weight is 498 g/mol. The van der Waals surface area contributed by atoms with Crippen molar-refractivity contribution in [3.8, 4) is 5.75 Å². The van der Waals surface area contributed by atoms with E-state index in [2.05, 4.69) is 27.7 Å². The number of aryl methyl sites for hydroxylation is 1. The van der Waals surface area contributed by atoms with Crippen molar-refractivity contribution in [3.63, 3.8) is 0 Å². The Morgan fingerprint density at radius 1 is 0.919 bits per heavy atom. The minimum atomic E-state index is -0.712. The summed E-state index contributed by atoms with van der Waals surface area (Å²) >= 11 is 0. The van der Waals surface area contributed by atoms with Crippen molar-refractivity contribution < 1.29 is 19.4 Å². The van der Waals surface area contributed by atoms with Crippen LogP contribution in [-0.2, 0) is 28.0 Å². The highest BCUT2D eigenvalue weighted by Crippen LogP contribution is 2.41. The Kier molecular flexibility index (Phi) is 7.53. The van der Waals surface area contributed by atoms with Gasteiger partial charge in [0.05, 0.1) is 18.2 Å². The third kappa shape index (κ3) is 5.46. The molecule has 0 radical (unpaired) electrons. The van der Waals surface area contributed by atoms with Gasteiger partial charge in [-0.05, 0) is 53.1 Å². The van der Waals surface area contributed by atoms with E-state index in [9.17, 15) is 14.7 Å². The number of carbonyl (C=O) groups is 2. The molecular weight excluding hydrogens is 462 g/mol. The predicted molar refractivity (Wildman–Crippen MR) is 146 cm³/mol. The van der Waals surface area contributed by atoms with Crippen molar-refractivity contribution in [2.24, 2.45) is 0 Å². The molecule has 5 nitrogen and oxygen atoms in total. The van der Waals surface area contributed by atoms with E-state index in [1.165, 1.54) is 0 Å². The predicted octanol–water partition coefficient (Wildman–Crippen LogP) is 6.57. The molecule has 1 saturated heterocycles. The first-order valence-corrected chi connectivity index (χ1v) is 12.8. The zero-order chi connectivity index (χ0) is 26.7. The molecule has 1 atom stereocenters. The summed E-state index contributed by atoms with van der Waals surface area (Å²) in [5.74, 6) is -0.753. The molecule has 0 bridgehead atoms. The second kappa shape index (κ2) is 10.6. The topological polar surface area (TPSA) is 66.8 Å². The van der Waals surface area contributed by atoms with Gasteiger partial charge in [-0.25, -0.2) is 0 Å².